The van der Waals surface area contributed by atoms with Crippen LogP contribution in [0.1, 0.15) is 6.92 Å². The van der Waals surface area contributed by atoms with Gasteiger partial charge in [-0.05, 0) is 6.92 Å². The second kappa shape index (κ2) is 4.58. The zero-order valence-electron chi connectivity index (χ0n) is 7.46. The number of Topliss-reactive ketones (excluding diaryl/α,β-unsaturated/α-hetero) is 1. The molecule has 0 bridgehead atoms. The van der Waals surface area contributed by atoms with Crippen LogP contribution in [-0.4, -0.2) is 48.3 Å². The number of ether oxygens (including phenoxy) is 1. The Morgan fingerprint density at radius 3 is 2.38 bits per heavy atom. The van der Waals surface area contributed by atoms with Crippen LogP contribution in [0.2, 0.25) is 0 Å². The molecular weight excluding hydrogens is 194 g/mol. The van der Waals surface area contributed by atoms with Crippen molar-refractivity contribution in [1.29, 1.82) is 0 Å². The summed E-state index contributed by atoms with van der Waals surface area (Å²) in [6, 6.07) is 0. The molecule has 1 amide bonds. The molecule has 0 N–H and O–H groups in total. The number of halogens is 1. The average Bonchev–Trinajstić information content (AvgIpc) is 2.17. The SMILES string of the molecule is CC(=O)C(Cl)C(=O)N1CCOCC1. The number of carbonyl (C=O) groups excluding carboxylic acids is 2. The molecule has 1 aliphatic heterocycles. The number of amides is 1. The van der Waals surface area contributed by atoms with Crippen molar-refractivity contribution in [3.8, 4) is 0 Å². The van der Waals surface area contributed by atoms with Gasteiger partial charge < -0.3 is 9.64 Å². The highest BCUT2D eigenvalue weighted by molar-refractivity contribution is 6.41. The monoisotopic (exact) mass is 205 g/mol. The lowest BCUT2D eigenvalue weighted by atomic mass is 10.2. The Kier molecular flexibility index (Phi) is 3.69. The fraction of sp³-hybridized carbons (Fsp3) is 0.750. The Hall–Kier alpha value is -0.610. The van der Waals surface area contributed by atoms with E-state index in [-0.39, 0.29) is 11.7 Å². The van der Waals surface area contributed by atoms with E-state index >= 15 is 0 Å². The minimum absolute atomic E-state index is 0.307. The van der Waals surface area contributed by atoms with Gasteiger partial charge in [0.1, 0.15) is 0 Å². The number of alkyl halides is 1. The highest BCUT2D eigenvalue weighted by Crippen LogP contribution is 2.06. The zero-order valence-corrected chi connectivity index (χ0v) is 8.21. The Labute approximate surface area is 81.8 Å². The van der Waals surface area contributed by atoms with Crippen molar-refractivity contribution in [3.05, 3.63) is 0 Å². The van der Waals surface area contributed by atoms with Gasteiger partial charge in [0.05, 0.1) is 13.2 Å². The minimum Gasteiger partial charge on any atom is -0.378 e. The molecule has 1 unspecified atom stereocenters. The molecule has 0 aromatic rings. The summed E-state index contributed by atoms with van der Waals surface area (Å²) in [6.45, 7) is 3.40. The molecule has 1 saturated heterocycles. The first kappa shape index (κ1) is 10.5. The van der Waals surface area contributed by atoms with Crippen LogP contribution in [0.15, 0.2) is 0 Å². The Bertz CT molecular complexity index is 213. The van der Waals surface area contributed by atoms with Gasteiger partial charge in [-0.15, -0.1) is 11.6 Å². The summed E-state index contributed by atoms with van der Waals surface area (Å²) < 4.78 is 5.07. The number of morpholine rings is 1. The van der Waals surface area contributed by atoms with E-state index in [0.717, 1.165) is 0 Å². The van der Waals surface area contributed by atoms with Crippen LogP contribution in [0.4, 0.5) is 0 Å². The van der Waals surface area contributed by atoms with Crippen LogP contribution in [0.5, 0.6) is 0 Å². The van der Waals surface area contributed by atoms with Gasteiger partial charge in [0.2, 0.25) is 5.91 Å². The summed E-state index contributed by atoms with van der Waals surface area (Å²) >= 11 is 5.62. The minimum atomic E-state index is -1.03. The number of hydrogen-bond acceptors (Lipinski definition) is 3. The van der Waals surface area contributed by atoms with Gasteiger partial charge in [-0.2, -0.15) is 0 Å². The molecule has 1 aliphatic rings. The molecule has 0 aliphatic carbocycles. The van der Waals surface area contributed by atoms with E-state index in [2.05, 4.69) is 0 Å². The molecule has 1 atom stereocenters. The van der Waals surface area contributed by atoms with Gasteiger partial charge >= 0.3 is 0 Å². The molecular formula is C8H12ClNO3. The predicted octanol–water partition coefficient (Wildman–Crippen LogP) is 0.0416. The molecule has 74 valence electrons. The van der Waals surface area contributed by atoms with Crippen molar-refractivity contribution in [2.75, 3.05) is 26.3 Å². The van der Waals surface area contributed by atoms with E-state index < -0.39 is 5.38 Å². The summed E-state index contributed by atoms with van der Waals surface area (Å²) in [4.78, 5) is 23.8. The number of nitrogens with zero attached hydrogens (tertiary/aromatic N) is 1. The Morgan fingerprint density at radius 1 is 1.38 bits per heavy atom. The maximum atomic E-state index is 11.5. The smallest absolute Gasteiger partial charge is 0.248 e. The molecule has 4 nitrogen and oxygen atoms in total. The normalized spacial score (nSPS) is 19.7. The molecule has 0 saturated carbocycles. The van der Waals surface area contributed by atoms with Gasteiger partial charge in [-0.25, -0.2) is 0 Å². The van der Waals surface area contributed by atoms with Gasteiger partial charge in [-0.1, -0.05) is 0 Å². The van der Waals surface area contributed by atoms with Crippen LogP contribution in [-0.2, 0) is 14.3 Å². The van der Waals surface area contributed by atoms with E-state index in [9.17, 15) is 9.59 Å². The first-order chi connectivity index (χ1) is 6.13. The van der Waals surface area contributed by atoms with Gasteiger partial charge in [0.15, 0.2) is 11.2 Å². The fourth-order valence-electron chi connectivity index (χ4n) is 1.12. The van der Waals surface area contributed by atoms with E-state index in [1.165, 1.54) is 6.92 Å². The molecule has 1 fully saturated rings. The molecule has 5 heteroatoms. The maximum absolute atomic E-state index is 11.5. The molecule has 0 aromatic carbocycles. The largest absolute Gasteiger partial charge is 0.378 e. The van der Waals surface area contributed by atoms with Crippen LogP contribution >= 0.6 is 11.6 Å². The number of rotatable bonds is 2. The molecule has 1 rings (SSSR count). The average molecular weight is 206 g/mol. The van der Waals surface area contributed by atoms with Crippen LogP contribution in [0, 0.1) is 0 Å². The zero-order chi connectivity index (χ0) is 9.84. The van der Waals surface area contributed by atoms with Crippen molar-refractivity contribution in [1.82, 2.24) is 4.90 Å². The van der Waals surface area contributed by atoms with E-state index in [1.54, 1.807) is 4.90 Å². The summed E-state index contributed by atoms with van der Waals surface area (Å²) in [5.41, 5.74) is 0. The molecule has 0 radical (unpaired) electrons. The third-order valence-corrected chi connectivity index (χ3v) is 2.39. The summed E-state index contributed by atoms with van der Waals surface area (Å²) in [6.07, 6.45) is 0. The maximum Gasteiger partial charge on any atom is 0.248 e. The number of carbonyl (C=O) groups is 2. The van der Waals surface area contributed by atoms with Crippen molar-refractivity contribution >= 4 is 23.3 Å². The lowest BCUT2D eigenvalue weighted by Gasteiger charge is -2.27. The quantitative estimate of drug-likeness (QED) is 0.473. The van der Waals surface area contributed by atoms with Crippen molar-refractivity contribution < 1.29 is 14.3 Å². The number of ketones is 1. The lowest BCUT2D eigenvalue weighted by molar-refractivity contribution is -0.137. The van der Waals surface area contributed by atoms with E-state index in [4.69, 9.17) is 16.3 Å². The van der Waals surface area contributed by atoms with Gasteiger partial charge in [0, 0.05) is 13.1 Å². The topological polar surface area (TPSA) is 46.6 Å². The van der Waals surface area contributed by atoms with Crippen molar-refractivity contribution in [2.45, 2.75) is 12.3 Å². The highest BCUT2D eigenvalue weighted by Gasteiger charge is 2.26. The lowest BCUT2D eigenvalue weighted by Crippen LogP contribution is -2.45. The van der Waals surface area contributed by atoms with Crippen molar-refractivity contribution in [2.24, 2.45) is 0 Å². The molecule has 1 heterocycles. The van der Waals surface area contributed by atoms with Crippen LogP contribution < -0.4 is 0 Å². The molecule has 13 heavy (non-hydrogen) atoms. The Balaban J connectivity index is 2.50. The second-order valence-corrected chi connectivity index (χ2v) is 3.35. The summed E-state index contributed by atoms with van der Waals surface area (Å²) in [7, 11) is 0. The first-order valence-corrected chi connectivity index (χ1v) is 4.57. The third-order valence-electron chi connectivity index (χ3n) is 1.90. The standard InChI is InChI=1S/C8H12ClNO3/c1-6(11)7(9)8(12)10-2-4-13-5-3-10/h7H,2-5H2,1H3. The first-order valence-electron chi connectivity index (χ1n) is 4.14. The van der Waals surface area contributed by atoms with Crippen molar-refractivity contribution in [3.63, 3.8) is 0 Å². The predicted molar refractivity (Wildman–Crippen MR) is 47.7 cm³/mol. The van der Waals surface area contributed by atoms with Crippen LogP contribution in [0.25, 0.3) is 0 Å². The molecule has 0 spiro atoms. The fourth-order valence-corrected chi connectivity index (χ4v) is 1.26. The highest BCUT2D eigenvalue weighted by atomic mass is 35.5. The summed E-state index contributed by atoms with van der Waals surface area (Å²) in [5.74, 6) is -0.615. The van der Waals surface area contributed by atoms with Gasteiger partial charge in [0.25, 0.3) is 0 Å². The van der Waals surface area contributed by atoms with Crippen LogP contribution in [0.3, 0.4) is 0 Å². The third kappa shape index (κ3) is 2.67. The Morgan fingerprint density at radius 2 is 1.92 bits per heavy atom. The molecule has 0 aromatic heterocycles. The van der Waals surface area contributed by atoms with Gasteiger partial charge in [-0.3, -0.25) is 9.59 Å². The summed E-state index contributed by atoms with van der Waals surface area (Å²) in [5, 5.41) is -1.03. The number of hydrogen-bond donors (Lipinski definition) is 0. The van der Waals surface area contributed by atoms with E-state index in [1.807, 2.05) is 0 Å². The van der Waals surface area contributed by atoms with E-state index in [0.29, 0.717) is 26.3 Å². The second-order valence-electron chi connectivity index (χ2n) is 2.91.